The number of hydrogen-bond acceptors (Lipinski definition) is 3. The SMILES string of the molecule is NC1CCCN(c2ncc(Br)cc2Cl)C1. The minimum Gasteiger partial charge on any atom is -0.354 e. The van der Waals surface area contributed by atoms with Crippen LogP contribution < -0.4 is 10.6 Å². The van der Waals surface area contributed by atoms with Crippen LogP contribution in [0.3, 0.4) is 0 Å². The van der Waals surface area contributed by atoms with Gasteiger partial charge in [-0.15, -0.1) is 0 Å². The van der Waals surface area contributed by atoms with E-state index in [2.05, 4.69) is 25.8 Å². The van der Waals surface area contributed by atoms with Crippen molar-refractivity contribution in [3.05, 3.63) is 21.8 Å². The lowest BCUT2D eigenvalue weighted by atomic mass is 10.1. The molecule has 0 radical (unpaired) electrons. The number of halogens is 2. The number of nitrogens with zero attached hydrogens (tertiary/aromatic N) is 2. The van der Waals surface area contributed by atoms with Crippen LogP contribution in [0.5, 0.6) is 0 Å². The number of rotatable bonds is 1. The van der Waals surface area contributed by atoms with Gasteiger partial charge in [-0.1, -0.05) is 11.6 Å². The number of anilines is 1. The normalized spacial score (nSPS) is 21.8. The van der Waals surface area contributed by atoms with Crippen LogP contribution in [0.2, 0.25) is 5.02 Å². The summed E-state index contributed by atoms with van der Waals surface area (Å²) in [4.78, 5) is 6.48. The molecule has 0 aromatic carbocycles. The molecule has 1 saturated heterocycles. The lowest BCUT2D eigenvalue weighted by molar-refractivity contribution is 0.503. The third kappa shape index (κ3) is 2.62. The molecule has 15 heavy (non-hydrogen) atoms. The van der Waals surface area contributed by atoms with E-state index >= 15 is 0 Å². The third-order valence-electron chi connectivity index (χ3n) is 2.55. The van der Waals surface area contributed by atoms with Gasteiger partial charge < -0.3 is 10.6 Å². The van der Waals surface area contributed by atoms with Crippen molar-refractivity contribution in [2.45, 2.75) is 18.9 Å². The molecule has 3 nitrogen and oxygen atoms in total. The highest BCUT2D eigenvalue weighted by molar-refractivity contribution is 9.10. The lowest BCUT2D eigenvalue weighted by Gasteiger charge is -2.32. The van der Waals surface area contributed by atoms with E-state index in [-0.39, 0.29) is 6.04 Å². The zero-order chi connectivity index (χ0) is 10.8. The smallest absolute Gasteiger partial charge is 0.147 e. The number of piperidine rings is 1. The summed E-state index contributed by atoms with van der Waals surface area (Å²) in [5.41, 5.74) is 5.92. The minimum atomic E-state index is 0.236. The molecule has 0 spiro atoms. The molecule has 1 aliphatic heterocycles. The molecule has 1 aliphatic rings. The summed E-state index contributed by atoms with van der Waals surface area (Å²) in [7, 11) is 0. The number of nitrogens with two attached hydrogens (primary N) is 1. The van der Waals surface area contributed by atoms with Crippen LogP contribution in [0.15, 0.2) is 16.7 Å². The molecule has 82 valence electrons. The van der Waals surface area contributed by atoms with Gasteiger partial charge in [0.1, 0.15) is 5.82 Å². The Hall–Kier alpha value is -0.320. The molecule has 1 aromatic heterocycles. The van der Waals surface area contributed by atoms with E-state index in [0.717, 1.165) is 36.2 Å². The topological polar surface area (TPSA) is 42.1 Å². The first-order valence-electron chi connectivity index (χ1n) is 4.98. The summed E-state index contributed by atoms with van der Waals surface area (Å²) in [6, 6.07) is 2.10. The maximum atomic E-state index is 6.14. The van der Waals surface area contributed by atoms with Gasteiger partial charge >= 0.3 is 0 Å². The molecule has 0 aliphatic carbocycles. The highest BCUT2D eigenvalue weighted by atomic mass is 79.9. The van der Waals surface area contributed by atoms with Gasteiger partial charge in [-0.3, -0.25) is 0 Å². The molecule has 1 aromatic rings. The van der Waals surface area contributed by atoms with Gasteiger partial charge in [0.2, 0.25) is 0 Å². The minimum absolute atomic E-state index is 0.236. The average Bonchev–Trinajstić information content (AvgIpc) is 2.17. The van der Waals surface area contributed by atoms with Crippen LogP contribution in [0, 0.1) is 0 Å². The van der Waals surface area contributed by atoms with Crippen molar-refractivity contribution in [2.24, 2.45) is 5.73 Å². The Balaban J connectivity index is 2.21. The van der Waals surface area contributed by atoms with Crippen molar-refractivity contribution in [1.82, 2.24) is 4.98 Å². The molecule has 0 bridgehead atoms. The molecule has 1 atom stereocenters. The Labute approximate surface area is 103 Å². The zero-order valence-corrected chi connectivity index (χ0v) is 10.6. The summed E-state index contributed by atoms with van der Waals surface area (Å²) in [5, 5.41) is 0.679. The van der Waals surface area contributed by atoms with Crippen molar-refractivity contribution in [3.63, 3.8) is 0 Å². The fraction of sp³-hybridized carbons (Fsp3) is 0.500. The van der Waals surface area contributed by atoms with Crippen molar-refractivity contribution >= 4 is 33.3 Å². The van der Waals surface area contributed by atoms with E-state index in [1.807, 2.05) is 6.07 Å². The Bertz CT molecular complexity index is 359. The van der Waals surface area contributed by atoms with Crippen LogP contribution in [0.25, 0.3) is 0 Å². The highest BCUT2D eigenvalue weighted by Crippen LogP contribution is 2.27. The highest BCUT2D eigenvalue weighted by Gasteiger charge is 2.19. The Kier molecular flexibility index (Phi) is 3.49. The van der Waals surface area contributed by atoms with Gasteiger partial charge in [0.15, 0.2) is 0 Å². The molecule has 2 rings (SSSR count). The summed E-state index contributed by atoms with van der Waals surface area (Å²) < 4.78 is 0.901. The van der Waals surface area contributed by atoms with Crippen LogP contribution in [0.1, 0.15) is 12.8 Å². The van der Waals surface area contributed by atoms with Crippen molar-refractivity contribution in [3.8, 4) is 0 Å². The van der Waals surface area contributed by atoms with E-state index in [1.54, 1.807) is 6.20 Å². The van der Waals surface area contributed by atoms with E-state index in [1.165, 1.54) is 0 Å². The molecule has 5 heteroatoms. The quantitative estimate of drug-likeness (QED) is 0.864. The predicted molar refractivity (Wildman–Crippen MR) is 66.4 cm³/mol. The van der Waals surface area contributed by atoms with Gasteiger partial charge in [-0.2, -0.15) is 0 Å². The van der Waals surface area contributed by atoms with Crippen LogP contribution in [0.4, 0.5) is 5.82 Å². The summed E-state index contributed by atoms with van der Waals surface area (Å²) >= 11 is 9.48. The number of pyridine rings is 1. The van der Waals surface area contributed by atoms with E-state index in [9.17, 15) is 0 Å². The van der Waals surface area contributed by atoms with Crippen LogP contribution >= 0.6 is 27.5 Å². The van der Waals surface area contributed by atoms with Gasteiger partial charge in [-0.05, 0) is 34.8 Å². The third-order valence-corrected chi connectivity index (χ3v) is 3.26. The molecule has 2 N–H and O–H groups in total. The number of hydrogen-bond donors (Lipinski definition) is 1. The Morgan fingerprint density at radius 3 is 3.07 bits per heavy atom. The van der Waals surface area contributed by atoms with E-state index < -0.39 is 0 Å². The maximum Gasteiger partial charge on any atom is 0.147 e. The van der Waals surface area contributed by atoms with E-state index in [0.29, 0.717) is 5.02 Å². The number of aromatic nitrogens is 1. The molecule has 2 heterocycles. The maximum absolute atomic E-state index is 6.14. The molecule has 0 amide bonds. The Morgan fingerprint density at radius 2 is 2.40 bits per heavy atom. The molecular weight excluding hydrogens is 277 g/mol. The predicted octanol–water partition coefficient (Wildman–Crippen LogP) is 2.43. The summed E-state index contributed by atoms with van der Waals surface area (Å²) in [6.45, 7) is 1.83. The summed E-state index contributed by atoms with van der Waals surface area (Å²) in [5.74, 6) is 0.843. The summed E-state index contributed by atoms with van der Waals surface area (Å²) in [6.07, 6.45) is 3.96. The van der Waals surface area contributed by atoms with Crippen molar-refractivity contribution in [2.75, 3.05) is 18.0 Å². The van der Waals surface area contributed by atoms with Gasteiger partial charge in [0.05, 0.1) is 5.02 Å². The fourth-order valence-corrected chi connectivity index (χ4v) is 2.59. The van der Waals surface area contributed by atoms with Crippen molar-refractivity contribution in [1.29, 1.82) is 0 Å². The zero-order valence-electron chi connectivity index (χ0n) is 8.29. The van der Waals surface area contributed by atoms with Gasteiger partial charge in [-0.25, -0.2) is 4.98 Å². The molecule has 0 saturated carbocycles. The van der Waals surface area contributed by atoms with Crippen LogP contribution in [-0.2, 0) is 0 Å². The van der Waals surface area contributed by atoms with Gasteiger partial charge in [0, 0.05) is 29.8 Å². The Morgan fingerprint density at radius 1 is 1.60 bits per heavy atom. The first kappa shape index (κ1) is 11.2. The largest absolute Gasteiger partial charge is 0.354 e. The second-order valence-corrected chi connectivity index (χ2v) is 5.13. The fourth-order valence-electron chi connectivity index (χ4n) is 1.84. The average molecular weight is 291 g/mol. The standard InChI is InChI=1S/C10H13BrClN3/c11-7-4-9(12)10(14-5-7)15-3-1-2-8(13)6-15/h4-5,8H,1-3,6,13H2. The lowest BCUT2D eigenvalue weighted by Crippen LogP contribution is -2.43. The first-order valence-corrected chi connectivity index (χ1v) is 6.15. The van der Waals surface area contributed by atoms with Crippen molar-refractivity contribution < 1.29 is 0 Å². The second-order valence-electron chi connectivity index (χ2n) is 3.81. The molecular formula is C10H13BrClN3. The van der Waals surface area contributed by atoms with Gasteiger partial charge in [0.25, 0.3) is 0 Å². The second kappa shape index (κ2) is 4.68. The monoisotopic (exact) mass is 289 g/mol. The first-order chi connectivity index (χ1) is 7.16. The molecule has 1 unspecified atom stereocenters. The van der Waals surface area contributed by atoms with E-state index in [4.69, 9.17) is 17.3 Å². The van der Waals surface area contributed by atoms with Crippen LogP contribution in [-0.4, -0.2) is 24.1 Å². The molecule has 1 fully saturated rings.